The lowest BCUT2D eigenvalue weighted by Crippen LogP contribution is -2.41. The van der Waals surface area contributed by atoms with Crippen molar-refractivity contribution < 1.29 is 4.79 Å². The first-order valence-corrected chi connectivity index (χ1v) is 7.05. The summed E-state index contributed by atoms with van der Waals surface area (Å²) in [5.74, 6) is 0.488. The number of likely N-dealkylation sites (tertiary alicyclic amines) is 1. The minimum atomic E-state index is -0.0757. The van der Waals surface area contributed by atoms with Crippen LogP contribution < -0.4 is 5.32 Å². The fourth-order valence-electron chi connectivity index (χ4n) is 2.59. The van der Waals surface area contributed by atoms with Crippen molar-refractivity contribution in [1.29, 1.82) is 0 Å². The molecule has 1 amide bonds. The molecule has 1 saturated heterocycles. The summed E-state index contributed by atoms with van der Waals surface area (Å²) in [7, 11) is 0. The van der Waals surface area contributed by atoms with Crippen LogP contribution in [0.25, 0.3) is 0 Å². The molecule has 0 aromatic carbocycles. The number of nitrogens with zero attached hydrogens (tertiary/aromatic N) is 3. The van der Waals surface area contributed by atoms with E-state index in [1.807, 2.05) is 0 Å². The second kappa shape index (κ2) is 7.19. The Morgan fingerprint density at radius 3 is 3.00 bits per heavy atom. The lowest BCUT2D eigenvalue weighted by molar-refractivity contribution is 0.0931. The Hall–Kier alpha value is -1.49. The van der Waals surface area contributed by atoms with Gasteiger partial charge < -0.3 is 10.2 Å². The van der Waals surface area contributed by atoms with Gasteiger partial charge in [-0.3, -0.25) is 4.79 Å². The van der Waals surface area contributed by atoms with E-state index in [1.165, 1.54) is 32.1 Å². The molecule has 1 aromatic rings. The summed E-state index contributed by atoms with van der Waals surface area (Å²) < 4.78 is 0. The Balaban J connectivity index is 1.77. The first-order chi connectivity index (χ1) is 9.29. The lowest BCUT2D eigenvalue weighted by Gasteiger charge is -2.32. The molecule has 104 valence electrons. The average Bonchev–Trinajstić information content (AvgIpc) is 2.46. The SMILES string of the molecule is CCCN1CCC[C@H](CNC(=O)c2cncnc2)C1. The van der Waals surface area contributed by atoms with E-state index in [0.29, 0.717) is 11.5 Å². The number of carbonyl (C=O) groups is 1. The molecule has 1 atom stereocenters. The minimum Gasteiger partial charge on any atom is -0.352 e. The van der Waals surface area contributed by atoms with Crippen LogP contribution in [0.2, 0.25) is 0 Å². The predicted octanol–water partition coefficient (Wildman–Crippen LogP) is 1.33. The third-order valence-electron chi connectivity index (χ3n) is 3.52. The molecule has 1 aliphatic heterocycles. The van der Waals surface area contributed by atoms with Crippen molar-refractivity contribution in [2.75, 3.05) is 26.2 Å². The first-order valence-electron chi connectivity index (χ1n) is 7.05. The fourth-order valence-corrected chi connectivity index (χ4v) is 2.59. The zero-order valence-electron chi connectivity index (χ0n) is 11.5. The maximum atomic E-state index is 11.9. The van der Waals surface area contributed by atoms with Gasteiger partial charge >= 0.3 is 0 Å². The summed E-state index contributed by atoms with van der Waals surface area (Å²) in [5.41, 5.74) is 0.531. The molecule has 0 saturated carbocycles. The van der Waals surface area contributed by atoms with E-state index in [2.05, 4.69) is 27.1 Å². The summed E-state index contributed by atoms with van der Waals surface area (Å²) in [5, 5.41) is 2.99. The van der Waals surface area contributed by atoms with Crippen LogP contribution in [0.1, 0.15) is 36.5 Å². The van der Waals surface area contributed by atoms with E-state index < -0.39 is 0 Å². The van der Waals surface area contributed by atoms with Crippen molar-refractivity contribution in [1.82, 2.24) is 20.2 Å². The van der Waals surface area contributed by atoms with Crippen molar-refractivity contribution in [3.8, 4) is 0 Å². The highest BCUT2D eigenvalue weighted by atomic mass is 16.1. The second-order valence-electron chi connectivity index (χ2n) is 5.15. The molecule has 19 heavy (non-hydrogen) atoms. The van der Waals surface area contributed by atoms with E-state index in [4.69, 9.17) is 0 Å². The maximum Gasteiger partial charge on any atom is 0.254 e. The van der Waals surface area contributed by atoms with Gasteiger partial charge in [0, 0.05) is 25.5 Å². The highest BCUT2D eigenvalue weighted by molar-refractivity contribution is 5.93. The molecule has 0 aliphatic carbocycles. The topological polar surface area (TPSA) is 58.1 Å². The molecule has 0 bridgehead atoms. The number of carbonyl (C=O) groups excluding carboxylic acids is 1. The van der Waals surface area contributed by atoms with E-state index in [9.17, 15) is 4.79 Å². The van der Waals surface area contributed by atoms with E-state index in [-0.39, 0.29) is 5.91 Å². The molecule has 2 heterocycles. The van der Waals surface area contributed by atoms with E-state index >= 15 is 0 Å². The van der Waals surface area contributed by atoms with Crippen LogP contribution in [0.15, 0.2) is 18.7 Å². The zero-order chi connectivity index (χ0) is 13.5. The highest BCUT2D eigenvalue weighted by Crippen LogP contribution is 2.15. The van der Waals surface area contributed by atoms with E-state index in [1.54, 1.807) is 12.4 Å². The zero-order valence-corrected chi connectivity index (χ0v) is 11.5. The molecule has 1 aromatic heterocycles. The van der Waals surface area contributed by atoms with Crippen molar-refractivity contribution >= 4 is 5.91 Å². The quantitative estimate of drug-likeness (QED) is 0.869. The Morgan fingerprint density at radius 1 is 1.47 bits per heavy atom. The van der Waals surface area contributed by atoms with Gasteiger partial charge in [0.05, 0.1) is 5.56 Å². The molecule has 2 rings (SSSR count). The summed E-state index contributed by atoms with van der Waals surface area (Å²) in [6.07, 6.45) is 8.15. The van der Waals surface area contributed by atoms with Crippen LogP contribution >= 0.6 is 0 Å². The van der Waals surface area contributed by atoms with Crippen LogP contribution in [-0.4, -0.2) is 47.0 Å². The molecular formula is C14H22N4O. The summed E-state index contributed by atoms with van der Waals surface area (Å²) in [4.78, 5) is 22.1. The van der Waals surface area contributed by atoms with Gasteiger partial charge in [0.25, 0.3) is 5.91 Å². The van der Waals surface area contributed by atoms with Crippen LogP contribution in [0.3, 0.4) is 0 Å². The van der Waals surface area contributed by atoms with Crippen LogP contribution in [-0.2, 0) is 0 Å². The molecule has 0 radical (unpaired) electrons. The number of amides is 1. The largest absolute Gasteiger partial charge is 0.352 e. The third kappa shape index (κ3) is 4.28. The standard InChI is InChI=1S/C14H22N4O/c1-2-5-18-6-3-4-12(10-18)7-17-14(19)13-8-15-11-16-9-13/h8-9,11-12H,2-7,10H2,1H3,(H,17,19)/t12-/m1/s1. The summed E-state index contributed by atoms with van der Waals surface area (Å²) in [6.45, 7) is 6.41. The molecule has 0 unspecified atom stereocenters. The third-order valence-corrected chi connectivity index (χ3v) is 3.52. The van der Waals surface area contributed by atoms with Crippen molar-refractivity contribution in [3.63, 3.8) is 0 Å². The van der Waals surface area contributed by atoms with Gasteiger partial charge in [-0.05, 0) is 38.3 Å². The number of nitrogens with one attached hydrogen (secondary N) is 1. The monoisotopic (exact) mass is 262 g/mol. The Morgan fingerprint density at radius 2 is 2.26 bits per heavy atom. The lowest BCUT2D eigenvalue weighted by atomic mass is 9.98. The van der Waals surface area contributed by atoms with Gasteiger partial charge in [-0.25, -0.2) is 9.97 Å². The maximum absolute atomic E-state index is 11.9. The van der Waals surface area contributed by atoms with Crippen molar-refractivity contribution in [3.05, 3.63) is 24.3 Å². The molecule has 1 fully saturated rings. The molecule has 5 heteroatoms. The van der Waals surface area contributed by atoms with Crippen molar-refractivity contribution in [2.24, 2.45) is 5.92 Å². The number of rotatable bonds is 5. The highest BCUT2D eigenvalue weighted by Gasteiger charge is 2.19. The number of hydrogen-bond acceptors (Lipinski definition) is 4. The summed E-state index contributed by atoms with van der Waals surface area (Å²) >= 11 is 0. The van der Waals surface area contributed by atoms with Gasteiger partial charge in [0.15, 0.2) is 0 Å². The second-order valence-corrected chi connectivity index (χ2v) is 5.15. The molecule has 5 nitrogen and oxygen atoms in total. The van der Waals surface area contributed by atoms with Crippen LogP contribution in [0.5, 0.6) is 0 Å². The Kier molecular flexibility index (Phi) is 5.27. The van der Waals surface area contributed by atoms with Crippen LogP contribution in [0.4, 0.5) is 0 Å². The normalized spacial score (nSPS) is 20.2. The Bertz CT molecular complexity index is 394. The van der Waals surface area contributed by atoms with Gasteiger partial charge in [0.1, 0.15) is 6.33 Å². The number of piperidine rings is 1. The Labute approximate surface area is 114 Å². The summed E-state index contributed by atoms with van der Waals surface area (Å²) in [6, 6.07) is 0. The van der Waals surface area contributed by atoms with Crippen LogP contribution in [0, 0.1) is 5.92 Å². The number of aromatic nitrogens is 2. The number of hydrogen-bond donors (Lipinski definition) is 1. The van der Waals surface area contributed by atoms with Gasteiger partial charge in [-0.1, -0.05) is 6.92 Å². The predicted molar refractivity (Wildman–Crippen MR) is 73.8 cm³/mol. The van der Waals surface area contributed by atoms with Gasteiger partial charge in [0.2, 0.25) is 0 Å². The molecular weight excluding hydrogens is 240 g/mol. The van der Waals surface area contributed by atoms with Crippen molar-refractivity contribution in [2.45, 2.75) is 26.2 Å². The molecule has 1 N–H and O–H groups in total. The molecule has 1 aliphatic rings. The smallest absolute Gasteiger partial charge is 0.254 e. The average molecular weight is 262 g/mol. The van der Waals surface area contributed by atoms with Gasteiger partial charge in [-0.2, -0.15) is 0 Å². The fraction of sp³-hybridized carbons (Fsp3) is 0.643. The minimum absolute atomic E-state index is 0.0757. The van der Waals surface area contributed by atoms with Gasteiger partial charge in [-0.15, -0.1) is 0 Å². The first kappa shape index (κ1) is 13.9. The van der Waals surface area contributed by atoms with E-state index in [0.717, 1.165) is 19.6 Å². The molecule has 0 spiro atoms.